The van der Waals surface area contributed by atoms with E-state index in [4.69, 9.17) is 5.11 Å². The number of likely N-dealkylation sites (tertiary alicyclic amines) is 1. The van der Waals surface area contributed by atoms with Gasteiger partial charge in [-0.1, -0.05) is 34.5 Å². The number of hydrogen-bond acceptors (Lipinski definition) is 3. The Labute approximate surface area is 123 Å². The van der Waals surface area contributed by atoms with Gasteiger partial charge in [0, 0.05) is 23.7 Å². The number of rotatable bonds is 5. The van der Waals surface area contributed by atoms with E-state index in [-0.39, 0.29) is 6.61 Å². The van der Waals surface area contributed by atoms with Crippen molar-refractivity contribution in [2.45, 2.75) is 37.8 Å². The van der Waals surface area contributed by atoms with Crippen molar-refractivity contribution < 1.29 is 10.2 Å². The van der Waals surface area contributed by atoms with E-state index in [0.29, 0.717) is 12.6 Å². The molecule has 1 aromatic carbocycles. The van der Waals surface area contributed by atoms with Crippen LogP contribution in [0.25, 0.3) is 0 Å². The Morgan fingerprint density at radius 1 is 1.26 bits per heavy atom. The molecule has 4 heteroatoms. The lowest BCUT2D eigenvalue weighted by molar-refractivity contribution is 0.0565. The summed E-state index contributed by atoms with van der Waals surface area (Å²) in [5.74, 6) is 0. The minimum atomic E-state index is -0.451. The van der Waals surface area contributed by atoms with Crippen molar-refractivity contribution in [2.24, 2.45) is 0 Å². The fourth-order valence-electron chi connectivity index (χ4n) is 2.79. The zero-order valence-corrected chi connectivity index (χ0v) is 12.7. The summed E-state index contributed by atoms with van der Waals surface area (Å²) >= 11 is 3.40. The third-order valence-corrected chi connectivity index (χ3v) is 4.40. The average molecular weight is 328 g/mol. The van der Waals surface area contributed by atoms with Gasteiger partial charge in [0.2, 0.25) is 0 Å². The third kappa shape index (κ3) is 4.28. The van der Waals surface area contributed by atoms with Crippen LogP contribution in [0.3, 0.4) is 0 Å². The smallest absolute Gasteiger partial charge is 0.0917 e. The van der Waals surface area contributed by atoms with Crippen LogP contribution in [0.5, 0.6) is 0 Å². The van der Waals surface area contributed by atoms with Gasteiger partial charge in [-0.25, -0.2) is 0 Å². The lowest BCUT2D eigenvalue weighted by Gasteiger charge is -2.36. The number of piperidine rings is 1. The molecule has 2 rings (SSSR count). The van der Waals surface area contributed by atoms with Gasteiger partial charge in [-0.2, -0.15) is 0 Å². The quantitative estimate of drug-likeness (QED) is 0.873. The van der Waals surface area contributed by atoms with Crippen LogP contribution in [-0.4, -0.2) is 40.9 Å². The largest absolute Gasteiger partial charge is 0.396 e. The van der Waals surface area contributed by atoms with Crippen LogP contribution in [-0.2, 0) is 0 Å². The summed E-state index contributed by atoms with van der Waals surface area (Å²) < 4.78 is 1.03. The number of aliphatic hydroxyl groups excluding tert-OH is 2. The van der Waals surface area contributed by atoms with Gasteiger partial charge in [0.1, 0.15) is 0 Å². The van der Waals surface area contributed by atoms with Crippen molar-refractivity contribution >= 4 is 15.9 Å². The van der Waals surface area contributed by atoms with E-state index >= 15 is 0 Å². The summed E-state index contributed by atoms with van der Waals surface area (Å²) in [6.45, 7) is 1.92. The van der Waals surface area contributed by atoms with E-state index in [1.54, 1.807) is 0 Å². The standard InChI is InChI=1S/C15H22BrNO2/c16-13-6-4-12(5-7-13)15(19)11-17-9-2-1-3-14(17)8-10-18/h4-7,14-15,18-19H,1-3,8-11H2/t14-,15+/m1/s1. The van der Waals surface area contributed by atoms with Crippen molar-refractivity contribution in [2.75, 3.05) is 19.7 Å². The van der Waals surface area contributed by atoms with Crippen molar-refractivity contribution in [1.82, 2.24) is 4.90 Å². The molecule has 1 aliphatic rings. The highest BCUT2D eigenvalue weighted by Crippen LogP contribution is 2.24. The van der Waals surface area contributed by atoms with Crippen molar-refractivity contribution in [3.63, 3.8) is 0 Å². The Kier molecular flexibility index (Phi) is 5.82. The summed E-state index contributed by atoms with van der Waals surface area (Å²) in [4.78, 5) is 2.33. The fourth-order valence-corrected chi connectivity index (χ4v) is 3.05. The van der Waals surface area contributed by atoms with Gasteiger partial charge in [-0.15, -0.1) is 0 Å². The first-order chi connectivity index (χ1) is 9.20. The molecule has 1 heterocycles. The topological polar surface area (TPSA) is 43.7 Å². The van der Waals surface area contributed by atoms with Crippen molar-refractivity contribution in [1.29, 1.82) is 0 Å². The zero-order valence-electron chi connectivity index (χ0n) is 11.1. The molecule has 0 unspecified atom stereocenters. The first-order valence-electron chi connectivity index (χ1n) is 6.99. The Hall–Kier alpha value is -0.420. The molecule has 1 fully saturated rings. The van der Waals surface area contributed by atoms with E-state index in [9.17, 15) is 5.11 Å². The second-order valence-corrected chi connectivity index (χ2v) is 6.14. The van der Waals surface area contributed by atoms with E-state index in [1.807, 2.05) is 24.3 Å². The van der Waals surface area contributed by atoms with Crippen LogP contribution < -0.4 is 0 Å². The SMILES string of the molecule is OCC[C@H]1CCCCN1C[C@H](O)c1ccc(Br)cc1. The lowest BCUT2D eigenvalue weighted by atomic mass is 9.98. The molecule has 3 nitrogen and oxygen atoms in total. The predicted octanol–water partition coefficient (Wildman–Crippen LogP) is 2.72. The van der Waals surface area contributed by atoms with Gasteiger partial charge in [-0.3, -0.25) is 4.90 Å². The Morgan fingerprint density at radius 2 is 2.00 bits per heavy atom. The minimum absolute atomic E-state index is 0.232. The fraction of sp³-hybridized carbons (Fsp3) is 0.600. The van der Waals surface area contributed by atoms with E-state index in [1.165, 1.54) is 12.8 Å². The lowest BCUT2D eigenvalue weighted by Crippen LogP contribution is -2.42. The third-order valence-electron chi connectivity index (χ3n) is 3.87. The van der Waals surface area contributed by atoms with E-state index in [2.05, 4.69) is 20.8 Å². The molecule has 0 amide bonds. The number of benzene rings is 1. The molecule has 0 bridgehead atoms. The van der Waals surface area contributed by atoms with Gasteiger partial charge < -0.3 is 10.2 Å². The van der Waals surface area contributed by atoms with Crippen LogP contribution in [0, 0.1) is 0 Å². The van der Waals surface area contributed by atoms with Crippen LogP contribution in [0.1, 0.15) is 37.4 Å². The predicted molar refractivity (Wildman–Crippen MR) is 80.0 cm³/mol. The van der Waals surface area contributed by atoms with Gasteiger partial charge in [-0.05, 0) is 43.5 Å². The molecule has 106 valence electrons. The van der Waals surface area contributed by atoms with Crippen LogP contribution >= 0.6 is 15.9 Å². The highest BCUT2D eigenvalue weighted by Gasteiger charge is 2.24. The van der Waals surface area contributed by atoms with E-state index in [0.717, 1.165) is 29.4 Å². The first kappa shape index (κ1) is 15.0. The molecule has 0 spiro atoms. The van der Waals surface area contributed by atoms with Crippen LogP contribution in [0.15, 0.2) is 28.7 Å². The number of β-amino-alcohol motifs (C(OH)–C–C–N with tert-alkyl or cyclic N) is 1. The van der Waals surface area contributed by atoms with Crippen molar-refractivity contribution in [3.05, 3.63) is 34.3 Å². The normalized spacial score (nSPS) is 22.4. The second-order valence-electron chi connectivity index (χ2n) is 5.22. The maximum Gasteiger partial charge on any atom is 0.0917 e. The highest BCUT2D eigenvalue weighted by atomic mass is 79.9. The van der Waals surface area contributed by atoms with Gasteiger partial charge in [0.05, 0.1) is 6.10 Å². The Balaban J connectivity index is 1.96. The average Bonchev–Trinajstić information content (AvgIpc) is 2.42. The molecule has 0 aliphatic carbocycles. The minimum Gasteiger partial charge on any atom is -0.396 e. The number of halogens is 1. The first-order valence-corrected chi connectivity index (χ1v) is 7.78. The molecule has 1 aliphatic heterocycles. The van der Waals surface area contributed by atoms with Gasteiger partial charge >= 0.3 is 0 Å². The molecule has 0 aromatic heterocycles. The maximum atomic E-state index is 10.3. The van der Waals surface area contributed by atoms with Crippen LogP contribution in [0.4, 0.5) is 0 Å². The molecule has 1 aromatic rings. The Morgan fingerprint density at radius 3 is 2.68 bits per heavy atom. The second kappa shape index (κ2) is 7.39. The van der Waals surface area contributed by atoms with E-state index < -0.39 is 6.10 Å². The zero-order chi connectivity index (χ0) is 13.7. The summed E-state index contributed by atoms with van der Waals surface area (Å²) in [5.41, 5.74) is 0.955. The molecule has 19 heavy (non-hydrogen) atoms. The monoisotopic (exact) mass is 327 g/mol. The maximum absolute atomic E-state index is 10.3. The summed E-state index contributed by atoms with van der Waals surface area (Å²) in [6.07, 6.45) is 3.91. The summed E-state index contributed by atoms with van der Waals surface area (Å²) in [6, 6.07) is 8.25. The summed E-state index contributed by atoms with van der Waals surface area (Å²) in [5, 5.41) is 19.5. The summed E-state index contributed by atoms with van der Waals surface area (Å²) in [7, 11) is 0. The molecular formula is C15H22BrNO2. The molecular weight excluding hydrogens is 306 g/mol. The number of aliphatic hydroxyl groups is 2. The molecule has 0 saturated carbocycles. The van der Waals surface area contributed by atoms with Crippen molar-refractivity contribution in [3.8, 4) is 0 Å². The number of hydrogen-bond donors (Lipinski definition) is 2. The number of nitrogens with zero attached hydrogens (tertiary/aromatic N) is 1. The molecule has 1 saturated heterocycles. The van der Waals surface area contributed by atoms with Crippen LogP contribution in [0.2, 0.25) is 0 Å². The highest BCUT2D eigenvalue weighted by molar-refractivity contribution is 9.10. The van der Waals surface area contributed by atoms with Gasteiger partial charge in [0.15, 0.2) is 0 Å². The van der Waals surface area contributed by atoms with Gasteiger partial charge in [0.25, 0.3) is 0 Å². The molecule has 2 atom stereocenters. The molecule has 0 radical (unpaired) electrons. The Bertz CT molecular complexity index is 380. The molecule has 2 N–H and O–H groups in total.